The Kier molecular flexibility index (Phi) is 7.15. The highest BCUT2D eigenvalue weighted by molar-refractivity contribution is 8.18. The van der Waals surface area contributed by atoms with E-state index in [0.717, 1.165) is 11.8 Å². The molecule has 0 bridgehead atoms. The summed E-state index contributed by atoms with van der Waals surface area (Å²) in [6.07, 6.45) is 1.61. The van der Waals surface area contributed by atoms with Gasteiger partial charge in [0.05, 0.1) is 9.93 Å². The molecule has 1 aliphatic heterocycles. The molecule has 154 valence electrons. The van der Waals surface area contributed by atoms with Crippen molar-refractivity contribution in [1.29, 1.82) is 0 Å². The van der Waals surface area contributed by atoms with E-state index in [-0.39, 0.29) is 28.6 Å². The number of thioether (sulfide) groups is 1. The molecule has 30 heavy (non-hydrogen) atoms. The van der Waals surface area contributed by atoms with Gasteiger partial charge in [-0.05, 0) is 59.8 Å². The van der Waals surface area contributed by atoms with Gasteiger partial charge in [-0.3, -0.25) is 14.4 Å². The first kappa shape index (κ1) is 21.9. The summed E-state index contributed by atoms with van der Waals surface area (Å²) in [6, 6.07) is 11.6. The van der Waals surface area contributed by atoms with Crippen LogP contribution in [0.3, 0.4) is 0 Å². The van der Waals surface area contributed by atoms with Gasteiger partial charge >= 0.3 is 0 Å². The Morgan fingerprint density at radius 2 is 1.87 bits per heavy atom. The number of aliphatic imine (C=N–C) groups is 1. The average molecular weight is 464 g/mol. The van der Waals surface area contributed by atoms with E-state index in [1.807, 2.05) is 0 Å². The number of carbonyl (C=O) groups is 3. The number of amides is 3. The van der Waals surface area contributed by atoms with Crippen LogP contribution in [-0.2, 0) is 14.4 Å². The summed E-state index contributed by atoms with van der Waals surface area (Å²) in [4.78, 5) is 39.1. The minimum absolute atomic E-state index is 0.231. The highest BCUT2D eigenvalue weighted by Crippen LogP contribution is 2.30. The van der Waals surface area contributed by atoms with Crippen molar-refractivity contribution in [2.45, 2.75) is 6.92 Å². The van der Waals surface area contributed by atoms with Crippen LogP contribution in [0, 0.1) is 0 Å². The van der Waals surface area contributed by atoms with Gasteiger partial charge in [-0.25, -0.2) is 0 Å². The fourth-order valence-corrected chi connectivity index (χ4v) is 3.59. The normalized spacial score (nSPS) is 14.4. The second-order valence-corrected chi connectivity index (χ2v) is 7.92. The van der Waals surface area contributed by atoms with Gasteiger partial charge < -0.3 is 15.4 Å². The van der Waals surface area contributed by atoms with Crippen LogP contribution >= 0.6 is 35.0 Å². The number of benzene rings is 2. The van der Waals surface area contributed by atoms with Crippen LogP contribution in [0.5, 0.6) is 5.75 Å². The van der Waals surface area contributed by atoms with Crippen molar-refractivity contribution < 1.29 is 19.1 Å². The van der Waals surface area contributed by atoms with E-state index in [4.69, 9.17) is 27.9 Å². The van der Waals surface area contributed by atoms with Gasteiger partial charge in [0, 0.05) is 17.6 Å². The Hall–Kier alpha value is -2.81. The predicted molar refractivity (Wildman–Crippen MR) is 119 cm³/mol. The number of anilines is 1. The molecule has 7 nitrogen and oxygen atoms in total. The zero-order valence-corrected chi connectivity index (χ0v) is 17.9. The number of rotatable bonds is 5. The van der Waals surface area contributed by atoms with E-state index < -0.39 is 5.91 Å². The molecule has 0 spiro atoms. The maximum absolute atomic E-state index is 12.0. The van der Waals surface area contributed by atoms with E-state index in [1.165, 1.54) is 6.92 Å². The van der Waals surface area contributed by atoms with Gasteiger partial charge in [0.1, 0.15) is 5.75 Å². The molecule has 3 rings (SSSR count). The van der Waals surface area contributed by atoms with Crippen LogP contribution in [-0.4, -0.2) is 29.5 Å². The average Bonchev–Trinajstić information content (AvgIpc) is 3.01. The predicted octanol–water partition coefficient (Wildman–Crippen LogP) is 4.12. The third-order valence-electron chi connectivity index (χ3n) is 3.64. The fourth-order valence-electron chi connectivity index (χ4n) is 2.36. The number of nitrogens with zero attached hydrogens (tertiary/aromatic N) is 1. The Morgan fingerprint density at radius 3 is 2.53 bits per heavy atom. The Balaban J connectivity index is 1.59. The minimum atomic E-state index is -0.445. The molecule has 0 aliphatic carbocycles. The molecule has 2 aromatic carbocycles. The van der Waals surface area contributed by atoms with Crippen LogP contribution in [0.1, 0.15) is 12.5 Å². The summed E-state index contributed by atoms with van der Waals surface area (Å²) in [7, 11) is 0. The molecule has 3 amide bonds. The van der Waals surface area contributed by atoms with Gasteiger partial charge in [-0.15, -0.1) is 0 Å². The third kappa shape index (κ3) is 6.09. The smallest absolute Gasteiger partial charge is 0.286 e. The highest BCUT2D eigenvalue weighted by atomic mass is 35.5. The molecule has 0 radical (unpaired) electrons. The first-order chi connectivity index (χ1) is 14.3. The standard InChI is InChI=1S/C20H15Cl2N3O4S/c1-11(26)23-20-25-19(28)17(30-20)9-12-2-7-16(15(22)8-12)29-10-18(27)24-14-5-3-13(21)4-6-14/h2-9H,10H2,1H3,(H,24,27)(H,23,25,26,28)/b17-9-. The van der Waals surface area contributed by atoms with E-state index in [0.29, 0.717) is 26.9 Å². The lowest BCUT2D eigenvalue weighted by atomic mass is 10.2. The van der Waals surface area contributed by atoms with E-state index in [1.54, 1.807) is 48.5 Å². The zero-order chi connectivity index (χ0) is 21.7. The van der Waals surface area contributed by atoms with Crippen molar-refractivity contribution in [3.63, 3.8) is 0 Å². The maximum Gasteiger partial charge on any atom is 0.286 e. The molecule has 0 aromatic heterocycles. The van der Waals surface area contributed by atoms with Crippen LogP contribution in [0.15, 0.2) is 52.4 Å². The van der Waals surface area contributed by atoms with Crippen LogP contribution < -0.4 is 15.4 Å². The molecule has 0 saturated carbocycles. The molecule has 0 saturated heterocycles. The van der Waals surface area contributed by atoms with E-state index in [2.05, 4.69) is 15.6 Å². The lowest BCUT2D eigenvalue weighted by molar-refractivity contribution is -0.118. The molecule has 2 aromatic rings. The number of halogens is 2. The largest absolute Gasteiger partial charge is 0.482 e. The van der Waals surface area contributed by atoms with E-state index in [9.17, 15) is 14.4 Å². The third-order valence-corrected chi connectivity index (χ3v) is 5.09. The summed E-state index contributed by atoms with van der Waals surface area (Å²) in [5.41, 5.74) is 1.24. The van der Waals surface area contributed by atoms with E-state index >= 15 is 0 Å². The lowest BCUT2D eigenvalue weighted by Gasteiger charge is -2.09. The Labute approximate surface area is 186 Å². The quantitative estimate of drug-likeness (QED) is 0.649. The van der Waals surface area contributed by atoms with Gasteiger partial charge in [-0.1, -0.05) is 29.3 Å². The van der Waals surface area contributed by atoms with Crippen molar-refractivity contribution in [3.05, 3.63) is 63.0 Å². The minimum Gasteiger partial charge on any atom is -0.482 e. The van der Waals surface area contributed by atoms with Crippen molar-refractivity contribution in [2.24, 2.45) is 4.99 Å². The molecule has 0 unspecified atom stereocenters. The van der Waals surface area contributed by atoms with Crippen LogP contribution in [0.25, 0.3) is 6.08 Å². The van der Waals surface area contributed by atoms with Gasteiger partial charge in [-0.2, -0.15) is 4.99 Å². The SMILES string of the molecule is CC(=O)NC1=NC(=O)/C(=C/c2ccc(OCC(=O)Nc3ccc(Cl)cc3)c(Cl)c2)S1. The Bertz CT molecular complexity index is 1070. The van der Waals surface area contributed by atoms with Crippen molar-refractivity contribution in [3.8, 4) is 5.75 Å². The molecular formula is C20H15Cl2N3O4S. The number of ether oxygens (including phenoxy) is 1. The molecular weight excluding hydrogens is 449 g/mol. The zero-order valence-electron chi connectivity index (χ0n) is 15.6. The van der Waals surface area contributed by atoms with Crippen molar-refractivity contribution in [1.82, 2.24) is 5.32 Å². The molecule has 0 atom stereocenters. The number of amidine groups is 1. The van der Waals surface area contributed by atoms with Crippen LogP contribution in [0.2, 0.25) is 10.0 Å². The second kappa shape index (κ2) is 9.80. The number of hydrogen-bond donors (Lipinski definition) is 2. The number of carbonyl (C=O) groups excluding carboxylic acids is 3. The topological polar surface area (TPSA) is 96.9 Å². The first-order valence-corrected chi connectivity index (χ1v) is 10.2. The first-order valence-electron chi connectivity index (χ1n) is 8.58. The maximum atomic E-state index is 12.0. The summed E-state index contributed by atoms with van der Waals surface area (Å²) in [5.74, 6) is -0.778. The Morgan fingerprint density at radius 1 is 1.13 bits per heavy atom. The van der Waals surface area contributed by atoms with Gasteiger partial charge in [0.2, 0.25) is 5.91 Å². The molecule has 10 heteroatoms. The summed E-state index contributed by atoms with van der Waals surface area (Å²) in [5, 5.41) is 6.24. The van der Waals surface area contributed by atoms with Crippen LogP contribution in [0.4, 0.5) is 5.69 Å². The number of hydrogen-bond acceptors (Lipinski definition) is 5. The monoisotopic (exact) mass is 463 g/mol. The highest BCUT2D eigenvalue weighted by Gasteiger charge is 2.22. The van der Waals surface area contributed by atoms with Gasteiger partial charge in [0.25, 0.3) is 11.8 Å². The molecule has 1 aliphatic rings. The fraction of sp³-hybridized carbons (Fsp3) is 0.100. The molecule has 2 N–H and O–H groups in total. The van der Waals surface area contributed by atoms with Crippen molar-refractivity contribution >= 4 is 69.6 Å². The van der Waals surface area contributed by atoms with Gasteiger partial charge in [0.15, 0.2) is 11.8 Å². The number of nitrogens with one attached hydrogen (secondary N) is 2. The second-order valence-electron chi connectivity index (χ2n) is 6.05. The summed E-state index contributed by atoms with van der Waals surface area (Å²) in [6.45, 7) is 1.11. The molecule has 1 heterocycles. The molecule has 0 fully saturated rings. The summed E-state index contributed by atoms with van der Waals surface area (Å²) >= 11 is 13.1. The summed E-state index contributed by atoms with van der Waals surface area (Å²) < 4.78 is 5.47. The lowest BCUT2D eigenvalue weighted by Crippen LogP contribution is -2.23. The van der Waals surface area contributed by atoms with Crippen molar-refractivity contribution in [2.75, 3.05) is 11.9 Å².